The number of anilines is 1. The Morgan fingerprint density at radius 1 is 0.912 bits per heavy atom. The average molecular weight is 473 g/mol. The molecule has 7 heteroatoms. The molecule has 0 fully saturated rings. The number of aromatic nitrogens is 3. The second-order valence-electron chi connectivity index (χ2n) is 8.32. The SMILES string of the molecule is COc1ccc(-n2c(SCC(=O)Nc3c(C)cc(C)cc3C)nnc2-c2ccc(C)cc2)cc1. The summed E-state index contributed by atoms with van der Waals surface area (Å²) in [5.74, 6) is 1.63. The summed E-state index contributed by atoms with van der Waals surface area (Å²) in [4.78, 5) is 12.8. The summed E-state index contributed by atoms with van der Waals surface area (Å²) in [7, 11) is 1.64. The quantitative estimate of drug-likeness (QED) is 0.339. The summed E-state index contributed by atoms with van der Waals surface area (Å²) in [6.07, 6.45) is 0. The van der Waals surface area contributed by atoms with Crippen molar-refractivity contribution in [3.63, 3.8) is 0 Å². The molecule has 6 nitrogen and oxygen atoms in total. The van der Waals surface area contributed by atoms with Crippen molar-refractivity contribution < 1.29 is 9.53 Å². The predicted molar refractivity (Wildman–Crippen MR) is 138 cm³/mol. The highest BCUT2D eigenvalue weighted by molar-refractivity contribution is 7.99. The maximum absolute atomic E-state index is 12.8. The topological polar surface area (TPSA) is 69.0 Å². The van der Waals surface area contributed by atoms with Crippen molar-refractivity contribution in [2.75, 3.05) is 18.2 Å². The highest BCUT2D eigenvalue weighted by Gasteiger charge is 2.18. The standard InChI is InChI=1S/C27H28N4O2S/c1-17-6-8-21(9-7-17)26-29-30-27(31(26)22-10-12-23(33-5)13-11-22)34-16-24(32)28-25-19(3)14-18(2)15-20(25)4/h6-15H,16H2,1-5H3,(H,28,32). The molecule has 0 unspecified atom stereocenters. The zero-order valence-corrected chi connectivity index (χ0v) is 20.9. The summed E-state index contributed by atoms with van der Waals surface area (Å²) in [5.41, 5.74) is 7.18. The molecular weight excluding hydrogens is 444 g/mol. The van der Waals surface area contributed by atoms with E-state index in [1.54, 1.807) is 7.11 Å². The third kappa shape index (κ3) is 5.15. The number of aryl methyl sites for hydroxylation is 4. The number of carbonyl (C=O) groups is 1. The Labute approximate surface area is 204 Å². The van der Waals surface area contributed by atoms with Crippen LogP contribution in [0.4, 0.5) is 5.69 Å². The van der Waals surface area contributed by atoms with E-state index in [-0.39, 0.29) is 11.7 Å². The molecule has 0 aliphatic rings. The van der Waals surface area contributed by atoms with Crippen LogP contribution >= 0.6 is 11.8 Å². The summed E-state index contributed by atoms with van der Waals surface area (Å²) in [6.45, 7) is 8.13. The molecule has 34 heavy (non-hydrogen) atoms. The lowest BCUT2D eigenvalue weighted by Gasteiger charge is -2.13. The van der Waals surface area contributed by atoms with Crippen molar-refractivity contribution in [1.29, 1.82) is 0 Å². The first-order valence-electron chi connectivity index (χ1n) is 11.0. The molecule has 0 saturated heterocycles. The first kappa shape index (κ1) is 23.6. The Hall–Kier alpha value is -3.58. The van der Waals surface area contributed by atoms with Crippen LogP contribution in [-0.2, 0) is 4.79 Å². The second-order valence-corrected chi connectivity index (χ2v) is 9.26. The smallest absolute Gasteiger partial charge is 0.234 e. The Morgan fingerprint density at radius 3 is 2.18 bits per heavy atom. The molecule has 1 heterocycles. The molecule has 0 bridgehead atoms. The molecule has 0 aliphatic heterocycles. The van der Waals surface area contributed by atoms with E-state index in [0.717, 1.165) is 39.6 Å². The number of rotatable bonds is 7. The lowest BCUT2D eigenvalue weighted by Crippen LogP contribution is -2.16. The number of carbonyl (C=O) groups excluding carboxylic acids is 1. The van der Waals surface area contributed by atoms with Gasteiger partial charge in [0.15, 0.2) is 11.0 Å². The minimum absolute atomic E-state index is 0.0822. The van der Waals surface area contributed by atoms with Crippen LogP contribution in [0.15, 0.2) is 65.8 Å². The van der Waals surface area contributed by atoms with Gasteiger partial charge in [0.1, 0.15) is 5.75 Å². The molecule has 0 spiro atoms. The Bertz CT molecular complexity index is 1290. The largest absolute Gasteiger partial charge is 0.497 e. The van der Waals surface area contributed by atoms with Gasteiger partial charge in [-0.2, -0.15) is 0 Å². The number of hydrogen-bond donors (Lipinski definition) is 1. The maximum atomic E-state index is 12.8. The number of ether oxygens (including phenoxy) is 1. The van der Waals surface area contributed by atoms with Gasteiger partial charge < -0.3 is 10.1 Å². The lowest BCUT2D eigenvalue weighted by molar-refractivity contribution is -0.113. The van der Waals surface area contributed by atoms with Crippen molar-refractivity contribution in [2.45, 2.75) is 32.9 Å². The second kappa shape index (κ2) is 10.1. The van der Waals surface area contributed by atoms with Crippen LogP contribution in [0.1, 0.15) is 22.3 Å². The number of hydrogen-bond acceptors (Lipinski definition) is 5. The Kier molecular flexibility index (Phi) is 7.03. The number of amides is 1. The third-order valence-electron chi connectivity index (χ3n) is 5.55. The first-order valence-corrected chi connectivity index (χ1v) is 12.0. The van der Waals surface area contributed by atoms with Crippen LogP contribution in [0.3, 0.4) is 0 Å². The lowest BCUT2D eigenvalue weighted by atomic mass is 10.1. The van der Waals surface area contributed by atoms with Crippen LogP contribution in [-0.4, -0.2) is 33.5 Å². The zero-order chi connectivity index (χ0) is 24.2. The molecule has 0 radical (unpaired) electrons. The van der Waals surface area contributed by atoms with Crippen LogP contribution in [0.2, 0.25) is 0 Å². The van der Waals surface area contributed by atoms with Crippen molar-refractivity contribution in [2.24, 2.45) is 0 Å². The van der Waals surface area contributed by atoms with Gasteiger partial charge in [-0.05, 0) is 63.1 Å². The van der Waals surface area contributed by atoms with E-state index in [9.17, 15) is 4.79 Å². The minimum Gasteiger partial charge on any atom is -0.497 e. The predicted octanol–water partition coefficient (Wildman–Crippen LogP) is 5.91. The number of nitrogens with zero attached hydrogens (tertiary/aromatic N) is 3. The van der Waals surface area contributed by atoms with E-state index in [1.165, 1.54) is 22.9 Å². The molecule has 3 aromatic carbocycles. The van der Waals surface area contributed by atoms with Gasteiger partial charge in [0, 0.05) is 16.9 Å². The molecule has 0 atom stereocenters. The van der Waals surface area contributed by atoms with Gasteiger partial charge in [-0.3, -0.25) is 9.36 Å². The Morgan fingerprint density at radius 2 is 1.56 bits per heavy atom. The fourth-order valence-electron chi connectivity index (χ4n) is 3.90. The minimum atomic E-state index is -0.0822. The van der Waals surface area contributed by atoms with Gasteiger partial charge in [0.05, 0.1) is 12.9 Å². The van der Waals surface area contributed by atoms with Crippen LogP contribution in [0.5, 0.6) is 5.75 Å². The van der Waals surface area contributed by atoms with Crippen molar-refractivity contribution >= 4 is 23.4 Å². The average Bonchev–Trinajstić information content (AvgIpc) is 3.24. The maximum Gasteiger partial charge on any atom is 0.234 e. The van der Waals surface area contributed by atoms with Crippen molar-refractivity contribution in [1.82, 2.24) is 14.8 Å². The van der Waals surface area contributed by atoms with Crippen LogP contribution in [0, 0.1) is 27.7 Å². The monoisotopic (exact) mass is 472 g/mol. The van der Waals surface area contributed by atoms with Gasteiger partial charge in [0.2, 0.25) is 5.91 Å². The molecular formula is C27H28N4O2S. The molecule has 1 N–H and O–H groups in total. The van der Waals surface area contributed by atoms with E-state index >= 15 is 0 Å². The van der Waals surface area contributed by atoms with E-state index in [4.69, 9.17) is 4.74 Å². The number of methoxy groups -OCH3 is 1. The molecule has 174 valence electrons. The molecule has 4 rings (SSSR count). The van der Waals surface area contributed by atoms with Crippen molar-refractivity contribution in [3.05, 3.63) is 82.9 Å². The van der Waals surface area contributed by atoms with E-state index < -0.39 is 0 Å². The van der Waals surface area contributed by atoms with E-state index in [1.807, 2.05) is 54.8 Å². The molecule has 1 amide bonds. The number of nitrogens with one attached hydrogen (secondary N) is 1. The zero-order valence-electron chi connectivity index (χ0n) is 20.0. The highest BCUT2D eigenvalue weighted by atomic mass is 32.2. The van der Waals surface area contributed by atoms with E-state index in [2.05, 4.69) is 53.6 Å². The summed E-state index contributed by atoms with van der Waals surface area (Å²) in [5, 5.41) is 12.6. The fraction of sp³-hybridized carbons (Fsp3) is 0.222. The molecule has 1 aromatic heterocycles. The van der Waals surface area contributed by atoms with Crippen LogP contribution in [0.25, 0.3) is 17.1 Å². The van der Waals surface area contributed by atoms with Gasteiger partial charge >= 0.3 is 0 Å². The summed E-state index contributed by atoms with van der Waals surface area (Å²) < 4.78 is 7.28. The summed E-state index contributed by atoms with van der Waals surface area (Å²) >= 11 is 1.36. The van der Waals surface area contributed by atoms with Gasteiger partial charge in [-0.1, -0.05) is 59.3 Å². The van der Waals surface area contributed by atoms with Gasteiger partial charge in [-0.25, -0.2) is 0 Å². The molecule has 4 aromatic rings. The Balaban J connectivity index is 1.61. The highest BCUT2D eigenvalue weighted by Crippen LogP contribution is 2.29. The van der Waals surface area contributed by atoms with Crippen molar-refractivity contribution in [3.8, 4) is 22.8 Å². The first-order chi connectivity index (χ1) is 16.4. The fourth-order valence-corrected chi connectivity index (χ4v) is 4.65. The van der Waals surface area contributed by atoms with E-state index in [0.29, 0.717) is 5.16 Å². The number of thioether (sulfide) groups is 1. The molecule has 0 aliphatic carbocycles. The van der Waals surface area contributed by atoms with Gasteiger partial charge in [0.25, 0.3) is 0 Å². The summed E-state index contributed by atoms with van der Waals surface area (Å²) in [6, 6.07) is 20.0. The number of benzene rings is 3. The van der Waals surface area contributed by atoms with Crippen LogP contribution < -0.4 is 10.1 Å². The molecule has 0 saturated carbocycles. The third-order valence-corrected chi connectivity index (χ3v) is 6.48. The van der Waals surface area contributed by atoms with Gasteiger partial charge in [-0.15, -0.1) is 10.2 Å². The normalized spacial score (nSPS) is 10.9.